The Morgan fingerprint density at radius 1 is 1.19 bits per heavy atom. The summed E-state index contributed by atoms with van der Waals surface area (Å²) in [5.74, 6) is -0.206. The molecule has 0 N–H and O–H groups in total. The maximum Gasteiger partial charge on any atom is 0.269 e. The lowest BCUT2D eigenvalue weighted by atomic mass is 10.2. The number of para-hydroxylation sites is 1. The number of halogens is 2. The average Bonchev–Trinajstić information content (AvgIpc) is 3.15. The van der Waals surface area contributed by atoms with Crippen molar-refractivity contribution in [1.82, 2.24) is 9.88 Å². The number of benzene rings is 2. The third kappa shape index (κ3) is 6.48. The standard InChI is InChI=1S/C21H21ClN4O3S.ClH/c1-24(2)13-4-14-25(21-23-20-17(22)5-3-6-18(20)30-21)19(27)12-9-15-7-10-16(11-8-15)26(28)29;/h3,5-12H,4,13-14H2,1-2H3;1H. The van der Waals surface area contributed by atoms with Crippen molar-refractivity contribution < 1.29 is 9.72 Å². The van der Waals surface area contributed by atoms with Crippen molar-refractivity contribution in [3.8, 4) is 0 Å². The maximum absolute atomic E-state index is 13.0. The second-order valence-electron chi connectivity index (χ2n) is 6.91. The van der Waals surface area contributed by atoms with E-state index in [4.69, 9.17) is 11.6 Å². The number of carbonyl (C=O) groups excluding carboxylic acids is 1. The number of rotatable bonds is 8. The van der Waals surface area contributed by atoms with Gasteiger partial charge in [-0.25, -0.2) is 4.98 Å². The number of nitro benzene ring substituents is 1. The summed E-state index contributed by atoms with van der Waals surface area (Å²) in [6.45, 7) is 1.35. The molecule has 0 radical (unpaired) electrons. The Labute approximate surface area is 195 Å². The number of fused-ring (bicyclic) bond motifs is 1. The van der Waals surface area contributed by atoms with Crippen LogP contribution in [0.2, 0.25) is 5.02 Å². The van der Waals surface area contributed by atoms with E-state index >= 15 is 0 Å². The van der Waals surface area contributed by atoms with Crippen molar-refractivity contribution in [3.05, 3.63) is 69.2 Å². The summed E-state index contributed by atoms with van der Waals surface area (Å²) in [5, 5.41) is 11.9. The molecule has 10 heteroatoms. The molecule has 31 heavy (non-hydrogen) atoms. The zero-order valence-electron chi connectivity index (χ0n) is 17.0. The zero-order chi connectivity index (χ0) is 21.7. The van der Waals surface area contributed by atoms with Gasteiger partial charge in [0.05, 0.1) is 14.6 Å². The van der Waals surface area contributed by atoms with E-state index in [0.29, 0.717) is 27.8 Å². The van der Waals surface area contributed by atoms with Gasteiger partial charge in [-0.15, -0.1) is 12.4 Å². The van der Waals surface area contributed by atoms with Crippen LogP contribution in [0.4, 0.5) is 10.8 Å². The molecule has 0 bridgehead atoms. The van der Waals surface area contributed by atoms with Crippen LogP contribution in [-0.2, 0) is 4.79 Å². The monoisotopic (exact) mass is 480 g/mol. The summed E-state index contributed by atoms with van der Waals surface area (Å²) < 4.78 is 0.919. The summed E-state index contributed by atoms with van der Waals surface area (Å²) in [5.41, 5.74) is 1.40. The highest BCUT2D eigenvalue weighted by molar-refractivity contribution is 7.22. The zero-order valence-corrected chi connectivity index (χ0v) is 19.4. The molecule has 0 spiro atoms. The first kappa shape index (κ1) is 24.7. The highest BCUT2D eigenvalue weighted by atomic mass is 35.5. The highest BCUT2D eigenvalue weighted by Crippen LogP contribution is 2.33. The minimum atomic E-state index is -0.455. The van der Waals surface area contributed by atoms with Crippen LogP contribution in [0, 0.1) is 10.1 Å². The van der Waals surface area contributed by atoms with Gasteiger partial charge in [0, 0.05) is 24.8 Å². The molecule has 164 valence electrons. The van der Waals surface area contributed by atoms with Gasteiger partial charge in [0.15, 0.2) is 5.13 Å². The van der Waals surface area contributed by atoms with Crippen molar-refractivity contribution in [2.75, 3.05) is 32.1 Å². The van der Waals surface area contributed by atoms with Crippen LogP contribution in [0.25, 0.3) is 16.3 Å². The van der Waals surface area contributed by atoms with Crippen LogP contribution >= 0.6 is 35.3 Å². The Kier molecular flexibility index (Phi) is 8.94. The molecule has 1 aromatic heterocycles. The fourth-order valence-electron chi connectivity index (χ4n) is 2.83. The number of non-ortho nitro benzene ring substituents is 1. The summed E-state index contributed by atoms with van der Waals surface area (Å²) in [6, 6.07) is 11.6. The van der Waals surface area contributed by atoms with Crippen LogP contribution in [-0.4, -0.2) is 47.9 Å². The van der Waals surface area contributed by atoms with Gasteiger partial charge in [0.25, 0.3) is 11.6 Å². The molecule has 3 aromatic rings. The van der Waals surface area contributed by atoms with E-state index in [-0.39, 0.29) is 24.0 Å². The van der Waals surface area contributed by atoms with Gasteiger partial charge in [0.1, 0.15) is 5.52 Å². The van der Waals surface area contributed by atoms with E-state index in [1.165, 1.54) is 29.5 Å². The first-order valence-corrected chi connectivity index (χ1v) is 10.5. The predicted molar refractivity (Wildman–Crippen MR) is 130 cm³/mol. The number of thiazole rings is 1. The van der Waals surface area contributed by atoms with E-state index in [9.17, 15) is 14.9 Å². The second-order valence-corrected chi connectivity index (χ2v) is 8.33. The lowest BCUT2D eigenvalue weighted by Gasteiger charge is -2.19. The summed E-state index contributed by atoms with van der Waals surface area (Å²) >= 11 is 7.67. The molecule has 7 nitrogen and oxygen atoms in total. The third-order valence-corrected chi connectivity index (χ3v) is 5.71. The maximum atomic E-state index is 13.0. The quantitative estimate of drug-likeness (QED) is 0.249. The Bertz CT molecular complexity index is 1080. The molecule has 0 saturated carbocycles. The molecule has 3 rings (SSSR count). The summed E-state index contributed by atoms with van der Waals surface area (Å²) in [4.78, 5) is 31.6. The normalized spacial score (nSPS) is 11.1. The highest BCUT2D eigenvalue weighted by Gasteiger charge is 2.18. The molecule has 0 aliphatic rings. The molecule has 0 atom stereocenters. The molecular weight excluding hydrogens is 459 g/mol. The molecule has 1 heterocycles. The van der Waals surface area contributed by atoms with Gasteiger partial charge < -0.3 is 4.90 Å². The van der Waals surface area contributed by atoms with Crippen molar-refractivity contribution in [2.45, 2.75) is 6.42 Å². The molecule has 0 unspecified atom stereocenters. The van der Waals surface area contributed by atoms with Crippen molar-refractivity contribution >= 4 is 68.4 Å². The third-order valence-electron chi connectivity index (χ3n) is 4.36. The number of aromatic nitrogens is 1. The number of nitrogens with zero attached hydrogens (tertiary/aromatic N) is 4. The average molecular weight is 481 g/mol. The number of hydrogen-bond acceptors (Lipinski definition) is 6. The first-order chi connectivity index (χ1) is 14.3. The SMILES string of the molecule is CN(C)CCCN(C(=O)C=Cc1ccc([N+](=O)[O-])cc1)c1nc2c(Cl)cccc2s1.Cl. The van der Waals surface area contributed by atoms with E-state index < -0.39 is 4.92 Å². The Hall–Kier alpha value is -2.52. The minimum Gasteiger partial charge on any atom is -0.309 e. The van der Waals surface area contributed by atoms with Gasteiger partial charge in [0.2, 0.25) is 0 Å². The molecule has 2 aromatic carbocycles. The summed E-state index contributed by atoms with van der Waals surface area (Å²) in [7, 11) is 3.97. The van der Waals surface area contributed by atoms with Crippen molar-refractivity contribution in [2.24, 2.45) is 0 Å². The predicted octanol–water partition coefficient (Wildman–Crippen LogP) is 5.28. The largest absolute Gasteiger partial charge is 0.309 e. The Morgan fingerprint density at radius 2 is 1.90 bits per heavy atom. The van der Waals surface area contributed by atoms with Crippen LogP contribution in [0.5, 0.6) is 0 Å². The van der Waals surface area contributed by atoms with Gasteiger partial charge in [-0.3, -0.25) is 19.8 Å². The molecule has 0 fully saturated rings. The summed E-state index contributed by atoms with van der Waals surface area (Å²) in [6.07, 6.45) is 3.89. The molecule has 0 saturated heterocycles. The lowest BCUT2D eigenvalue weighted by molar-refractivity contribution is -0.384. The number of hydrogen-bond donors (Lipinski definition) is 0. The number of carbonyl (C=O) groups is 1. The molecular formula is C21H22Cl2N4O3S. The Morgan fingerprint density at radius 3 is 2.52 bits per heavy atom. The number of anilines is 1. The second kappa shape index (κ2) is 11.2. The number of nitro groups is 1. The topological polar surface area (TPSA) is 79.6 Å². The van der Waals surface area contributed by atoms with Crippen molar-refractivity contribution in [1.29, 1.82) is 0 Å². The van der Waals surface area contributed by atoms with Crippen LogP contribution < -0.4 is 4.90 Å². The lowest BCUT2D eigenvalue weighted by Crippen LogP contribution is -2.32. The van der Waals surface area contributed by atoms with Gasteiger partial charge in [-0.05, 0) is 63.0 Å². The minimum absolute atomic E-state index is 0. The molecule has 0 aliphatic heterocycles. The number of amides is 1. The Balaban J connectivity index is 0.00000341. The van der Waals surface area contributed by atoms with Crippen LogP contribution in [0.15, 0.2) is 48.5 Å². The van der Waals surface area contributed by atoms with Crippen molar-refractivity contribution in [3.63, 3.8) is 0 Å². The van der Waals surface area contributed by atoms with E-state index in [1.807, 2.05) is 26.2 Å². The fourth-order valence-corrected chi connectivity index (χ4v) is 4.13. The fraction of sp³-hybridized carbons (Fsp3) is 0.238. The van der Waals surface area contributed by atoms with Gasteiger partial charge in [-0.2, -0.15) is 0 Å². The molecule has 1 amide bonds. The van der Waals surface area contributed by atoms with E-state index in [2.05, 4.69) is 9.88 Å². The van der Waals surface area contributed by atoms with Gasteiger partial charge in [-0.1, -0.05) is 29.0 Å². The van der Waals surface area contributed by atoms with Crippen LogP contribution in [0.1, 0.15) is 12.0 Å². The van der Waals surface area contributed by atoms with E-state index in [0.717, 1.165) is 17.7 Å². The molecule has 0 aliphatic carbocycles. The van der Waals surface area contributed by atoms with E-state index in [1.54, 1.807) is 29.2 Å². The van der Waals surface area contributed by atoms with Crippen LogP contribution in [0.3, 0.4) is 0 Å². The van der Waals surface area contributed by atoms with Gasteiger partial charge >= 0.3 is 0 Å². The first-order valence-electron chi connectivity index (χ1n) is 9.29. The smallest absolute Gasteiger partial charge is 0.269 e.